The minimum absolute atomic E-state index is 1.12. The second-order valence-corrected chi connectivity index (χ2v) is 20.9. The highest BCUT2D eigenvalue weighted by Crippen LogP contribution is 2.51. The van der Waals surface area contributed by atoms with Crippen molar-refractivity contribution in [3.05, 3.63) is 273 Å². The van der Waals surface area contributed by atoms with Crippen molar-refractivity contribution in [2.75, 3.05) is 14.7 Å². The predicted molar refractivity (Wildman–Crippen MR) is 313 cm³/mol. The zero-order chi connectivity index (χ0) is 47.8. The van der Waals surface area contributed by atoms with Gasteiger partial charge in [-0.15, -0.1) is 34.0 Å². The summed E-state index contributed by atoms with van der Waals surface area (Å²) in [6.45, 7) is 0. The van der Waals surface area contributed by atoms with E-state index in [4.69, 9.17) is 0 Å². The van der Waals surface area contributed by atoms with E-state index in [-0.39, 0.29) is 0 Å². The molecule has 10 aromatic carbocycles. The van der Waals surface area contributed by atoms with Crippen LogP contribution in [0.2, 0.25) is 0 Å². The molecule has 13 rings (SSSR count). The Bertz CT molecular complexity index is 3300. The Kier molecular flexibility index (Phi) is 11.5. The smallest absolute Gasteiger partial charge is 0.0462 e. The Morgan fingerprint density at radius 2 is 0.375 bits per heavy atom. The molecule has 72 heavy (non-hydrogen) atoms. The summed E-state index contributed by atoms with van der Waals surface area (Å²) in [6.07, 6.45) is 0. The van der Waals surface area contributed by atoms with Crippen LogP contribution in [0.3, 0.4) is 0 Å². The molecule has 0 fully saturated rings. The van der Waals surface area contributed by atoms with Crippen molar-refractivity contribution in [1.29, 1.82) is 0 Å². The van der Waals surface area contributed by atoms with Gasteiger partial charge in [0.1, 0.15) is 0 Å². The van der Waals surface area contributed by atoms with E-state index < -0.39 is 0 Å². The first-order valence-electron chi connectivity index (χ1n) is 24.1. The van der Waals surface area contributed by atoms with Gasteiger partial charge in [0, 0.05) is 96.1 Å². The fraction of sp³-hybridized carbons (Fsp3) is 0. The normalized spacial score (nSPS) is 11.3. The summed E-state index contributed by atoms with van der Waals surface area (Å²) in [5, 5.41) is 3.93. The van der Waals surface area contributed by atoms with Crippen LogP contribution in [0.25, 0.3) is 61.6 Å². The maximum atomic E-state index is 2.44. The molecule has 0 bridgehead atoms. The second-order valence-electron chi connectivity index (χ2n) is 17.7. The molecule has 0 N–H and O–H groups in total. The average molecular weight is 976 g/mol. The molecule has 3 aromatic heterocycles. The number of nitrogens with zero attached hydrogens (tertiary/aromatic N) is 3. The zero-order valence-electron chi connectivity index (χ0n) is 39.0. The van der Waals surface area contributed by atoms with Crippen LogP contribution >= 0.6 is 34.0 Å². The van der Waals surface area contributed by atoms with E-state index in [1.807, 2.05) is 34.0 Å². The van der Waals surface area contributed by atoms with Gasteiger partial charge in [-0.3, -0.25) is 0 Å². The molecule has 342 valence electrons. The minimum atomic E-state index is 1.12. The molecule has 3 nitrogen and oxygen atoms in total. The maximum Gasteiger partial charge on any atom is 0.0462 e. The summed E-state index contributed by atoms with van der Waals surface area (Å²) in [7, 11) is 0. The van der Waals surface area contributed by atoms with E-state index in [0.717, 1.165) is 51.2 Å². The summed E-state index contributed by atoms with van der Waals surface area (Å²) in [4.78, 5) is 10.7. The largest absolute Gasteiger partial charge is 0.311 e. The van der Waals surface area contributed by atoms with E-state index in [1.54, 1.807) is 0 Å². The Morgan fingerprint density at radius 1 is 0.194 bits per heavy atom. The van der Waals surface area contributed by atoms with Gasteiger partial charge in [0.2, 0.25) is 0 Å². The molecule has 0 radical (unpaired) electrons. The highest BCUT2D eigenvalue weighted by molar-refractivity contribution is 7.29. The number of anilines is 9. The van der Waals surface area contributed by atoms with Gasteiger partial charge < -0.3 is 14.7 Å². The molecule has 0 spiro atoms. The fourth-order valence-corrected chi connectivity index (χ4v) is 13.6. The van der Waals surface area contributed by atoms with Gasteiger partial charge in [-0.2, -0.15) is 0 Å². The minimum Gasteiger partial charge on any atom is -0.311 e. The Hall–Kier alpha value is -8.52. The first kappa shape index (κ1) is 43.5. The van der Waals surface area contributed by atoms with Crippen molar-refractivity contribution in [3.8, 4) is 31.3 Å². The van der Waals surface area contributed by atoms with Crippen molar-refractivity contribution in [2.24, 2.45) is 0 Å². The van der Waals surface area contributed by atoms with Gasteiger partial charge in [-0.1, -0.05) is 146 Å². The molecule has 3 heterocycles. The number of thiophene rings is 3. The van der Waals surface area contributed by atoms with E-state index >= 15 is 0 Å². The van der Waals surface area contributed by atoms with Gasteiger partial charge >= 0.3 is 0 Å². The molecule has 0 aliphatic carbocycles. The molecule has 0 amide bonds. The molecule has 0 aliphatic heterocycles. The van der Waals surface area contributed by atoms with Crippen LogP contribution in [0.15, 0.2) is 273 Å². The number of rotatable bonds is 12. The summed E-state index contributed by atoms with van der Waals surface area (Å²) >= 11 is 5.72. The molecule has 13 aromatic rings. The van der Waals surface area contributed by atoms with Crippen molar-refractivity contribution in [3.63, 3.8) is 0 Å². The molecule has 0 unspecified atom stereocenters. The lowest BCUT2D eigenvalue weighted by molar-refractivity contribution is 1.28. The topological polar surface area (TPSA) is 9.72 Å². The Balaban J connectivity index is 0.919. The van der Waals surface area contributed by atoms with Crippen LogP contribution in [-0.2, 0) is 0 Å². The Labute approximate surface area is 431 Å². The number of fused-ring (bicyclic) bond motifs is 6. The van der Waals surface area contributed by atoms with Crippen LogP contribution in [0, 0.1) is 0 Å². The van der Waals surface area contributed by atoms with Crippen LogP contribution in [0.1, 0.15) is 0 Å². The highest BCUT2D eigenvalue weighted by atomic mass is 32.1. The third-order valence-corrected chi connectivity index (χ3v) is 16.9. The third-order valence-electron chi connectivity index (χ3n) is 13.2. The SMILES string of the molecule is c1ccc(N(c2ccccc2)c2ccc(-c3cc4c(s3)c3cc(-c5ccc(N(c6ccccc6)c6ccccc6)cc5)sc3c3cc(-c5ccc(N(c6ccccc6)c6ccccc6)cc5)sc43)cc2)cc1. The van der Waals surface area contributed by atoms with E-state index in [0.29, 0.717) is 0 Å². The standard InChI is InChI=1S/C66H45N3S3/c1-7-19-49(20-8-1)67(50-21-9-2-10-22-50)55-37-31-46(32-38-55)61-43-58-64(70-61)59-44-62(47-33-39-56(40-34-47)68(51-23-11-3-12-24-51)52-25-13-4-14-26-52)72-66(59)60-45-63(71-65(58)60)48-35-41-57(42-36-48)69(53-27-15-5-16-28-53)54-29-17-6-18-30-54/h1-45H. The van der Waals surface area contributed by atoms with Gasteiger partial charge in [-0.25, -0.2) is 0 Å². The van der Waals surface area contributed by atoms with Crippen molar-refractivity contribution in [1.82, 2.24) is 0 Å². The maximum absolute atomic E-state index is 2.44. The summed E-state index contributed by atoms with van der Waals surface area (Å²) in [5.41, 5.74) is 13.8. The summed E-state index contributed by atoms with van der Waals surface area (Å²) < 4.78 is 3.99. The molecule has 6 heteroatoms. The van der Waals surface area contributed by atoms with Crippen LogP contribution in [0.5, 0.6) is 0 Å². The lowest BCUT2D eigenvalue weighted by Gasteiger charge is -2.25. The quantitative estimate of drug-likeness (QED) is 0.121. The second kappa shape index (κ2) is 19.0. The molecule has 0 atom stereocenters. The number of benzene rings is 10. The third kappa shape index (κ3) is 8.21. The van der Waals surface area contributed by atoms with E-state index in [2.05, 4.69) is 288 Å². The molecule has 0 aliphatic rings. The summed E-state index contributed by atoms with van der Waals surface area (Å²) in [5.74, 6) is 0. The van der Waals surface area contributed by atoms with Gasteiger partial charge in [0.15, 0.2) is 0 Å². The van der Waals surface area contributed by atoms with Crippen molar-refractivity contribution < 1.29 is 0 Å². The Morgan fingerprint density at radius 3 is 0.569 bits per heavy atom. The first-order chi connectivity index (χ1) is 35.7. The van der Waals surface area contributed by atoms with E-state index in [9.17, 15) is 0 Å². The highest BCUT2D eigenvalue weighted by Gasteiger charge is 2.21. The van der Waals surface area contributed by atoms with Gasteiger partial charge in [-0.05, 0) is 144 Å². The number of para-hydroxylation sites is 6. The fourth-order valence-electron chi connectivity index (χ4n) is 9.83. The molecule has 0 saturated heterocycles. The number of hydrogen-bond acceptors (Lipinski definition) is 6. The zero-order valence-corrected chi connectivity index (χ0v) is 41.5. The van der Waals surface area contributed by atoms with E-state index in [1.165, 1.54) is 61.6 Å². The van der Waals surface area contributed by atoms with Crippen LogP contribution < -0.4 is 14.7 Å². The molecule has 0 saturated carbocycles. The van der Waals surface area contributed by atoms with Crippen LogP contribution in [-0.4, -0.2) is 0 Å². The monoisotopic (exact) mass is 975 g/mol. The lowest BCUT2D eigenvalue weighted by atomic mass is 10.1. The van der Waals surface area contributed by atoms with Crippen LogP contribution in [0.4, 0.5) is 51.2 Å². The average Bonchev–Trinajstić information content (AvgIpc) is 4.22. The number of hydrogen-bond donors (Lipinski definition) is 0. The van der Waals surface area contributed by atoms with Gasteiger partial charge in [0.05, 0.1) is 0 Å². The summed E-state index contributed by atoms with van der Waals surface area (Å²) in [6, 6.07) is 98.3. The van der Waals surface area contributed by atoms with Crippen molar-refractivity contribution in [2.45, 2.75) is 0 Å². The van der Waals surface area contributed by atoms with Gasteiger partial charge in [0.25, 0.3) is 0 Å². The molecular formula is C66H45N3S3. The van der Waals surface area contributed by atoms with Crippen molar-refractivity contribution >= 4 is 115 Å². The predicted octanol–water partition coefficient (Wildman–Crippen LogP) is 20.7. The molecular weight excluding hydrogens is 931 g/mol. The lowest BCUT2D eigenvalue weighted by Crippen LogP contribution is -2.09. The first-order valence-corrected chi connectivity index (χ1v) is 26.6.